The molecule has 1 fully saturated rings. The zero-order chi connectivity index (χ0) is 25.8. The second kappa shape index (κ2) is 10.9. The van der Waals surface area contributed by atoms with Crippen LogP contribution in [0.1, 0.15) is 12.0 Å². The molecule has 1 aliphatic rings. The lowest BCUT2D eigenvalue weighted by Crippen LogP contribution is -2.37. The van der Waals surface area contributed by atoms with Gasteiger partial charge in [-0.3, -0.25) is 14.5 Å². The largest absolute Gasteiger partial charge is 0.497 e. The Morgan fingerprint density at radius 1 is 1.08 bits per heavy atom. The standard InChI is InChI=1S/C26H23ClFN3O4S/c1-34-19-10-7-17(8-11-19)29-24(32)14-22-25(33)31(18-9-12-23(35-2)20(27)13-18)26(36)30(22)15-16-5-3-4-6-21(16)28/h3-13,22H,14-15H2,1-2H3,(H,29,32)/t22-/m0/s1. The molecule has 0 spiro atoms. The minimum Gasteiger partial charge on any atom is -0.497 e. The molecule has 186 valence electrons. The third-order valence-electron chi connectivity index (χ3n) is 5.76. The number of amides is 2. The maximum Gasteiger partial charge on any atom is 0.256 e. The van der Waals surface area contributed by atoms with Gasteiger partial charge in [0.05, 0.1) is 31.4 Å². The molecule has 1 aliphatic heterocycles. The first kappa shape index (κ1) is 25.4. The van der Waals surface area contributed by atoms with Crippen molar-refractivity contribution in [3.63, 3.8) is 0 Å². The predicted molar refractivity (Wildman–Crippen MR) is 140 cm³/mol. The lowest BCUT2D eigenvalue weighted by atomic mass is 10.1. The summed E-state index contributed by atoms with van der Waals surface area (Å²) >= 11 is 11.9. The Morgan fingerprint density at radius 3 is 2.44 bits per heavy atom. The van der Waals surface area contributed by atoms with Crippen LogP contribution in [0, 0.1) is 5.82 Å². The number of nitrogens with zero attached hydrogens (tertiary/aromatic N) is 2. The van der Waals surface area contributed by atoms with Gasteiger partial charge < -0.3 is 19.7 Å². The third kappa shape index (κ3) is 5.27. The topological polar surface area (TPSA) is 71.1 Å². The number of nitrogens with one attached hydrogen (secondary N) is 1. The van der Waals surface area contributed by atoms with Crippen molar-refractivity contribution >= 4 is 52.1 Å². The fraction of sp³-hybridized carbons (Fsp3) is 0.192. The van der Waals surface area contributed by atoms with Crippen LogP contribution in [-0.4, -0.2) is 42.1 Å². The molecule has 0 aliphatic carbocycles. The fourth-order valence-corrected chi connectivity index (χ4v) is 4.56. The van der Waals surface area contributed by atoms with E-state index in [4.69, 9.17) is 33.3 Å². The summed E-state index contributed by atoms with van der Waals surface area (Å²) in [4.78, 5) is 29.4. The van der Waals surface area contributed by atoms with Gasteiger partial charge in [-0.25, -0.2) is 4.39 Å². The molecule has 1 heterocycles. The predicted octanol–water partition coefficient (Wildman–Crippen LogP) is 5.03. The van der Waals surface area contributed by atoms with Gasteiger partial charge in [0.25, 0.3) is 5.91 Å². The van der Waals surface area contributed by atoms with Gasteiger partial charge in [0.2, 0.25) is 5.91 Å². The molecule has 0 saturated carbocycles. The van der Waals surface area contributed by atoms with E-state index in [0.717, 1.165) is 0 Å². The summed E-state index contributed by atoms with van der Waals surface area (Å²) < 4.78 is 24.8. The van der Waals surface area contributed by atoms with Crippen LogP contribution in [-0.2, 0) is 16.1 Å². The Labute approximate surface area is 218 Å². The highest BCUT2D eigenvalue weighted by molar-refractivity contribution is 7.80. The quantitative estimate of drug-likeness (QED) is 0.414. The molecule has 36 heavy (non-hydrogen) atoms. The first-order valence-corrected chi connectivity index (χ1v) is 11.8. The summed E-state index contributed by atoms with van der Waals surface area (Å²) in [6.07, 6.45) is -0.195. The molecule has 7 nitrogen and oxygen atoms in total. The van der Waals surface area contributed by atoms with Crippen LogP contribution in [0.5, 0.6) is 11.5 Å². The number of methoxy groups -OCH3 is 2. The van der Waals surface area contributed by atoms with Gasteiger partial charge in [-0.2, -0.15) is 0 Å². The van der Waals surface area contributed by atoms with E-state index in [-0.39, 0.29) is 18.1 Å². The Kier molecular flexibility index (Phi) is 7.71. The van der Waals surface area contributed by atoms with Gasteiger partial charge in [0.1, 0.15) is 23.4 Å². The van der Waals surface area contributed by atoms with Gasteiger partial charge in [-0.15, -0.1) is 0 Å². The van der Waals surface area contributed by atoms with E-state index in [0.29, 0.717) is 33.5 Å². The zero-order valence-corrected chi connectivity index (χ0v) is 21.1. The number of carbonyl (C=O) groups is 2. The second-order valence-corrected chi connectivity index (χ2v) is 8.76. The van der Waals surface area contributed by atoms with Crippen molar-refractivity contribution < 1.29 is 23.5 Å². The number of benzene rings is 3. The number of hydrogen-bond donors (Lipinski definition) is 1. The van der Waals surface area contributed by atoms with Crippen LogP contribution >= 0.6 is 23.8 Å². The number of carbonyl (C=O) groups excluding carboxylic acids is 2. The number of hydrogen-bond acceptors (Lipinski definition) is 5. The SMILES string of the molecule is COc1ccc(NC(=O)C[C@H]2C(=O)N(c3ccc(OC)c(Cl)c3)C(=S)N2Cc2ccccc2F)cc1. The van der Waals surface area contributed by atoms with Crippen molar-refractivity contribution in [1.29, 1.82) is 0 Å². The van der Waals surface area contributed by atoms with E-state index in [2.05, 4.69) is 5.32 Å². The fourth-order valence-electron chi connectivity index (χ4n) is 3.92. The van der Waals surface area contributed by atoms with Crippen LogP contribution in [0.25, 0.3) is 0 Å². The van der Waals surface area contributed by atoms with Gasteiger partial charge in [-0.05, 0) is 60.7 Å². The van der Waals surface area contributed by atoms with Crippen molar-refractivity contribution in [3.8, 4) is 11.5 Å². The third-order valence-corrected chi connectivity index (χ3v) is 6.48. The Bertz CT molecular complexity index is 1300. The molecular formula is C26H23ClFN3O4S. The van der Waals surface area contributed by atoms with Crippen molar-refractivity contribution in [2.24, 2.45) is 0 Å². The molecule has 3 aromatic rings. The zero-order valence-electron chi connectivity index (χ0n) is 19.5. The number of thiocarbonyl (C=S) groups is 1. The maximum atomic E-state index is 14.5. The molecular weight excluding hydrogens is 505 g/mol. The summed E-state index contributed by atoms with van der Waals surface area (Å²) in [7, 11) is 3.04. The van der Waals surface area contributed by atoms with Gasteiger partial charge in [0.15, 0.2) is 5.11 Å². The van der Waals surface area contributed by atoms with Crippen molar-refractivity contribution in [1.82, 2.24) is 4.90 Å². The van der Waals surface area contributed by atoms with E-state index in [1.54, 1.807) is 72.7 Å². The highest BCUT2D eigenvalue weighted by atomic mass is 35.5. The molecule has 0 unspecified atom stereocenters. The number of ether oxygens (including phenoxy) is 2. The Hall–Kier alpha value is -3.69. The highest BCUT2D eigenvalue weighted by Gasteiger charge is 2.44. The van der Waals surface area contributed by atoms with Crippen LogP contribution in [0.15, 0.2) is 66.7 Å². The summed E-state index contributed by atoms with van der Waals surface area (Å²) in [5.74, 6) is -0.150. The normalized spacial score (nSPS) is 15.3. The Balaban J connectivity index is 1.62. The minimum atomic E-state index is -0.948. The lowest BCUT2D eigenvalue weighted by Gasteiger charge is -2.24. The number of rotatable bonds is 8. The van der Waals surface area contributed by atoms with Gasteiger partial charge >= 0.3 is 0 Å². The van der Waals surface area contributed by atoms with Crippen LogP contribution in [0.2, 0.25) is 5.02 Å². The Morgan fingerprint density at radius 2 is 1.81 bits per heavy atom. The molecule has 3 aromatic carbocycles. The monoisotopic (exact) mass is 527 g/mol. The van der Waals surface area contributed by atoms with E-state index in [1.807, 2.05) is 0 Å². The first-order chi connectivity index (χ1) is 17.3. The average molecular weight is 528 g/mol. The summed E-state index contributed by atoms with van der Waals surface area (Å²) in [6, 6.07) is 16.9. The van der Waals surface area contributed by atoms with Crippen molar-refractivity contribution in [2.75, 3.05) is 24.4 Å². The molecule has 0 radical (unpaired) electrons. The molecule has 1 N–H and O–H groups in total. The van der Waals surface area contributed by atoms with E-state index in [1.165, 1.54) is 18.1 Å². The molecule has 2 amide bonds. The smallest absolute Gasteiger partial charge is 0.256 e. The van der Waals surface area contributed by atoms with E-state index in [9.17, 15) is 14.0 Å². The lowest BCUT2D eigenvalue weighted by molar-refractivity contribution is -0.124. The van der Waals surface area contributed by atoms with Crippen molar-refractivity contribution in [3.05, 3.63) is 83.1 Å². The number of anilines is 2. The average Bonchev–Trinajstić information content (AvgIpc) is 3.09. The van der Waals surface area contributed by atoms with Crippen LogP contribution in [0.3, 0.4) is 0 Å². The summed E-state index contributed by atoms with van der Waals surface area (Å²) in [6.45, 7) is 0.0120. The molecule has 0 aromatic heterocycles. The van der Waals surface area contributed by atoms with Crippen LogP contribution < -0.4 is 19.7 Å². The van der Waals surface area contributed by atoms with E-state index >= 15 is 0 Å². The highest BCUT2D eigenvalue weighted by Crippen LogP contribution is 2.34. The van der Waals surface area contributed by atoms with Gasteiger partial charge in [0, 0.05) is 17.8 Å². The molecule has 0 bridgehead atoms. The van der Waals surface area contributed by atoms with Crippen LogP contribution in [0.4, 0.5) is 15.8 Å². The first-order valence-electron chi connectivity index (χ1n) is 11.0. The summed E-state index contributed by atoms with van der Waals surface area (Å²) in [5.41, 5.74) is 1.32. The van der Waals surface area contributed by atoms with Gasteiger partial charge in [-0.1, -0.05) is 29.8 Å². The minimum absolute atomic E-state index is 0.0120. The maximum absolute atomic E-state index is 14.5. The molecule has 10 heteroatoms. The molecule has 4 rings (SSSR count). The second-order valence-electron chi connectivity index (χ2n) is 7.99. The van der Waals surface area contributed by atoms with Crippen molar-refractivity contribution in [2.45, 2.75) is 19.0 Å². The summed E-state index contributed by atoms with van der Waals surface area (Å²) in [5, 5.41) is 3.23. The number of halogens is 2. The molecule has 1 saturated heterocycles. The van der Waals surface area contributed by atoms with E-state index < -0.39 is 23.7 Å². The molecule has 1 atom stereocenters.